The van der Waals surface area contributed by atoms with Crippen LogP contribution in [0.25, 0.3) is 0 Å². The molecular formula is C17H26N2O4. The van der Waals surface area contributed by atoms with Gasteiger partial charge in [-0.3, -0.25) is 9.59 Å². The molecule has 0 saturated carbocycles. The van der Waals surface area contributed by atoms with Crippen LogP contribution in [-0.2, 0) is 9.53 Å². The molecule has 2 amide bonds. The molecule has 0 aliphatic rings. The maximum absolute atomic E-state index is 11.8. The molecule has 0 fully saturated rings. The van der Waals surface area contributed by atoms with Crippen molar-refractivity contribution in [1.29, 1.82) is 0 Å². The molecule has 0 radical (unpaired) electrons. The largest absolute Gasteiger partial charge is 0.508 e. The summed E-state index contributed by atoms with van der Waals surface area (Å²) in [6.45, 7) is 7.13. The molecule has 0 aliphatic carbocycles. The molecule has 0 saturated heterocycles. The van der Waals surface area contributed by atoms with E-state index in [1.165, 1.54) is 24.3 Å². The molecule has 128 valence electrons. The van der Waals surface area contributed by atoms with Gasteiger partial charge < -0.3 is 20.5 Å². The van der Waals surface area contributed by atoms with E-state index < -0.39 is 6.10 Å². The first-order chi connectivity index (χ1) is 10.9. The summed E-state index contributed by atoms with van der Waals surface area (Å²) in [5.74, 6) is 0.216. The van der Waals surface area contributed by atoms with Gasteiger partial charge in [0.2, 0.25) is 5.91 Å². The van der Waals surface area contributed by atoms with Crippen molar-refractivity contribution in [3.8, 4) is 5.75 Å². The van der Waals surface area contributed by atoms with Gasteiger partial charge in [0.1, 0.15) is 11.9 Å². The highest BCUT2D eigenvalue weighted by molar-refractivity contribution is 5.94. The van der Waals surface area contributed by atoms with Crippen molar-refractivity contribution in [2.24, 2.45) is 5.92 Å². The number of phenolic OH excluding ortho intramolecular Hbond substituents is 1. The Balaban J connectivity index is 2.19. The highest BCUT2D eigenvalue weighted by Gasteiger charge is 2.13. The summed E-state index contributed by atoms with van der Waals surface area (Å²) in [6.07, 6.45) is 0.418. The van der Waals surface area contributed by atoms with Crippen molar-refractivity contribution in [3.05, 3.63) is 29.8 Å². The zero-order valence-electron chi connectivity index (χ0n) is 14.0. The van der Waals surface area contributed by atoms with Crippen LogP contribution in [0.1, 0.15) is 37.6 Å². The fourth-order valence-corrected chi connectivity index (χ4v) is 1.78. The van der Waals surface area contributed by atoms with Crippen molar-refractivity contribution in [2.45, 2.75) is 33.3 Å². The molecule has 1 rings (SSSR count). The predicted molar refractivity (Wildman–Crippen MR) is 88.3 cm³/mol. The molecule has 6 nitrogen and oxygen atoms in total. The van der Waals surface area contributed by atoms with Crippen LogP contribution >= 0.6 is 0 Å². The Morgan fingerprint density at radius 2 is 1.70 bits per heavy atom. The van der Waals surface area contributed by atoms with Crippen LogP contribution < -0.4 is 10.6 Å². The van der Waals surface area contributed by atoms with Gasteiger partial charge in [-0.1, -0.05) is 13.8 Å². The molecule has 23 heavy (non-hydrogen) atoms. The zero-order valence-corrected chi connectivity index (χ0v) is 14.0. The first-order valence-electron chi connectivity index (χ1n) is 7.86. The van der Waals surface area contributed by atoms with E-state index in [2.05, 4.69) is 24.5 Å². The number of rotatable bonds is 9. The third-order valence-corrected chi connectivity index (χ3v) is 3.27. The van der Waals surface area contributed by atoms with E-state index in [0.717, 1.165) is 6.42 Å². The van der Waals surface area contributed by atoms with Gasteiger partial charge in [-0.25, -0.2) is 0 Å². The third kappa shape index (κ3) is 7.65. The predicted octanol–water partition coefficient (Wildman–Crippen LogP) is 1.69. The van der Waals surface area contributed by atoms with Crippen LogP contribution in [0.4, 0.5) is 0 Å². The van der Waals surface area contributed by atoms with Gasteiger partial charge in [0.15, 0.2) is 0 Å². The molecule has 0 aromatic heterocycles. The monoisotopic (exact) mass is 322 g/mol. The molecule has 0 spiro atoms. The average Bonchev–Trinajstić information content (AvgIpc) is 2.51. The molecule has 6 heteroatoms. The Labute approximate surface area is 137 Å². The summed E-state index contributed by atoms with van der Waals surface area (Å²) in [5.41, 5.74) is 0.458. The minimum Gasteiger partial charge on any atom is -0.508 e. The Morgan fingerprint density at radius 3 is 2.30 bits per heavy atom. The number of aromatic hydroxyl groups is 1. The molecule has 0 bridgehead atoms. The Morgan fingerprint density at radius 1 is 1.09 bits per heavy atom. The van der Waals surface area contributed by atoms with E-state index in [1.54, 1.807) is 6.92 Å². The summed E-state index contributed by atoms with van der Waals surface area (Å²) in [5, 5.41) is 14.6. The van der Waals surface area contributed by atoms with Gasteiger partial charge >= 0.3 is 0 Å². The lowest BCUT2D eigenvalue weighted by atomic mass is 10.1. The first kappa shape index (κ1) is 19.0. The molecular weight excluding hydrogens is 296 g/mol. The lowest BCUT2D eigenvalue weighted by molar-refractivity contribution is -0.131. The second-order valence-electron chi connectivity index (χ2n) is 5.79. The van der Waals surface area contributed by atoms with Crippen molar-refractivity contribution in [1.82, 2.24) is 10.6 Å². The number of carbonyl (C=O) groups is 2. The van der Waals surface area contributed by atoms with Crippen LogP contribution in [0.2, 0.25) is 0 Å². The van der Waals surface area contributed by atoms with E-state index in [4.69, 9.17) is 9.84 Å². The third-order valence-electron chi connectivity index (χ3n) is 3.27. The lowest BCUT2D eigenvalue weighted by Crippen LogP contribution is -2.39. The smallest absolute Gasteiger partial charge is 0.251 e. The number of hydrogen-bond acceptors (Lipinski definition) is 4. The Bertz CT molecular complexity index is 500. The van der Waals surface area contributed by atoms with Crippen LogP contribution in [0.15, 0.2) is 24.3 Å². The second kappa shape index (κ2) is 9.84. The van der Waals surface area contributed by atoms with E-state index in [-0.39, 0.29) is 17.6 Å². The summed E-state index contributed by atoms with van der Waals surface area (Å²) < 4.78 is 5.45. The number of phenols is 1. The number of amides is 2. The topological polar surface area (TPSA) is 87.7 Å². The standard InChI is InChI=1S/C17H26N2O4/c1-12(2)8-11-23-13(3)16(21)18-9-10-19-17(22)14-4-6-15(20)7-5-14/h4-7,12-13,20H,8-11H2,1-3H3,(H,18,21)(H,19,22). The number of benzene rings is 1. The van der Waals surface area contributed by atoms with Gasteiger partial charge in [-0.2, -0.15) is 0 Å². The minimum absolute atomic E-state index is 0.111. The molecule has 1 aromatic carbocycles. The first-order valence-corrected chi connectivity index (χ1v) is 7.86. The van der Waals surface area contributed by atoms with E-state index in [1.807, 2.05) is 0 Å². The van der Waals surface area contributed by atoms with Crippen molar-refractivity contribution in [2.75, 3.05) is 19.7 Å². The minimum atomic E-state index is -0.499. The second-order valence-corrected chi connectivity index (χ2v) is 5.79. The fourth-order valence-electron chi connectivity index (χ4n) is 1.78. The molecule has 0 heterocycles. The SMILES string of the molecule is CC(C)CCOC(C)C(=O)NCCNC(=O)c1ccc(O)cc1. The van der Waals surface area contributed by atoms with Crippen LogP contribution in [0.5, 0.6) is 5.75 Å². The quantitative estimate of drug-likeness (QED) is 0.604. The summed E-state index contributed by atoms with van der Waals surface area (Å²) in [6, 6.07) is 5.97. The van der Waals surface area contributed by atoms with Gasteiger partial charge in [-0.15, -0.1) is 0 Å². The molecule has 1 unspecified atom stereocenters. The number of carbonyl (C=O) groups excluding carboxylic acids is 2. The number of nitrogens with one attached hydrogen (secondary N) is 2. The molecule has 1 aromatic rings. The van der Waals surface area contributed by atoms with Crippen LogP contribution in [0, 0.1) is 5.92 Å². The fraction of sp³-hybridized carbons (Fsp3) is 0.529. The van der Waals surface area contributed by atoms with E-state index in [9.17, 15) is 9.59 Å². The average molecular weight is 322 g/mol. The summed E-state index contributed by atoms with van der Waals surface area (Å²) >= 11 is 0. The maximum Gasteiger partial charge on any atom is 0.251 e. The van der Waals surface area contributed by atoms with Gasteiger partial charge in [0.05, 0.1) is 0 Å². The van der Waals surface area contributed by atoms with Gasteiger partial charge in [-0.05, 0) is 43.5 Å². The molecule has 3 N–H and O–H groups in total. The van der Waals surface area contributed by atoms with Gasteiger partial charge in [0, 0.05) is 25.3 Å². The molecule has 0 aliphatic heterocycles. The van der Waals surface area contributed by atoms with Crippen molar-refractivity contribution < 1.29 is 19.4 Å². The van der Waals surface area contributed by atoms with Crippen molar-refractivity contribution in [3.63, 3.8) is 0 Å². The van der Waals surface area contributed by atoms with E-state index in [0.29, 0.717) is 31.2 Å². The zero-order chi connectivity index (χ0) is 17.2. The summed E-state index contributed by atoms with van der Waals surface area (Å²) in [7, 11) is 0. The normalized spacial score (nSPS) is 12.0. The number of hydrogen-bond donors (Lipinski definition) is 3. The van der Waals surface area contributed by atoms with Crippen LogP contribution in [-0.4, -0.2) is 42.7 Å². The Kier molecular flexibility index (Phi) is 8.11. The van der Waals surface area contributed by atoms with Crippen LogP contribution in [0.3, 0.4) is 0 Å². The lowest BCUT2D eigenvalue weighted by Gasteiger charge is -2.14. The molecule has 1 atom stereocenters. The van der Waals surface area contributed by atoms with E-state index >= 15 is 0 Å². The summed E-state index contributed by atoms with van der Waals surface area (Å²) in [4.78, 5) is 23.6. The van der Waals surface area contributed by atoms with Crippen molar-refractivity contribution >= 4 is 11.8 Å². The maximum atomic E-state index is 11.8. The highest BCUT2D eigenvalue weighted by atomic mass is 16.5. The number of ether oxygens (including phenoxy) is 1. The van der Waals surface area contributed by atoms with Gasteiger partial charge in [0.25, 0.3) is 5.91 Å². The highest BCUT2D eigenvalue weighted by Crippen LogP contribution is 2.09. The Hall–Kier alpha value is -2.08.